The molecular formula is C28H48N2O5. The molecule has 0 radical (unpaired) electrons. The summed E-state index contributed by atoms with van der Waals surface area (Å²) in [4.78, 5) is 23.7. The molecule has 0 aliphatic rings. The molecular weight excluding hydrogens is 444 g/mol. The van der Waals surface area contributed by atoms with E-state index in [9.17, 15) is 14.7 Å². The van der Waals surface area contributed by atoms with Crippen LogP contribution < -0.4 is 11.1 Å². The number of rotatable bonds is 19. The largest absolute Gasteiger partial charge is 0.456 e. The number of nitrogens with one attached hydrogen (secondary N) is 1. The quantitative estimate of drug-likeness (QED) is 0.185. The lowest BCUT2D eigenvalue weighted by atomic mass is 9.86. The van der Waals surface area contributed by atoms with Gasteiger partial charge in [0.25, 0.3) is 0 Å². The Bertz CT molecular complexity index is 683. The number of ether oxygens (including phenoxy) is 2. The van der Waals surface area contributed by atoms with Gasteiger partial charge in [-0.2, -0.15) is 0 Å². The summed E-state index contributed by atoms with van der Waals surface area (Å²) in [6.45, 7) is 5.44. The lowest BCUT2D eigenvalue weighted by Crippen LogP contribution is -2.37. The van der Waals surface area contributed by atoms with E-state index < -0.39 is 24.8 Å². The molecule has 0 aliphatic heterocycles. The molecule has 0 spiro atoms. The first kappa shape index (κ1) is 30.9. The maximum absolute atomic E-state index is 12.0. The van der Waals surface area contributed by atoms with E-state index in [1.54, 1.807) is 13.8 Å². The fourth-order valence-corrected chi connectivity index (χ4v) is 3.97. The van der Waals surface area contributed by atoms with Crippen molar-refractivity contribution in [2.75, 3.05) is 19.8 Å². The molecule has 1 rings (SSSR count). The van der Waals surface area contributed by atoms with Crippen molar-refractivity contribution in [1.29, 1.82) is 0 Å². The number of aliphatic hydroxyl groups excluding tert-OH is 1. The molecule has 3 atom stereocenters. The molecule has 7 heteroatoms. The minimum Gasteiger partial charge on any atom is -0.456 e. The van der Waals surface area contributed by atoms with Crippen LogP contribution in [0.4, 0.5) is 4.79 Å². The Labute approximate surface area is 212 Å². The average molecular weight is 493 g/mol. The summed E-state index contributed by atoms with van der Waals surface area (Å²) in [5.74, 6) is -0.409. The van der Waals surface area contributed by atoms with Gasteiger partial charge in [-0.15, -0.1) is 0 Å². The standard InChI is InChI=1S/C28H48N2O5/c1-4-5-6-7-8-9-13-16-24(19-23-14-11-10-12-15-23)26(29)17-18-30-28(33)34-21-25(20-31)35-27(32)22(2)3/h10-12,14-15,22,24-26,31H,4-9,13,16-21,29H2,1-3H3,(H,30,33). The van der Waals surface area contributed by atoms with Crippen molar-refractivity contribution >= 4 is 12.1 Å². The SMILES string of the molecule is CCCCCCCCCC(Cc1ccccc1)C(N)CCNC(=O)OCC(CO)OC(=O)C(C)C. The van der Waals surface area contributed by atoms with Gasteiger partial charge in [0.15, 0.2) is 6.10 Å². The molecule has 0 bridgehead atoms. The second-order valence-corrected chi connectivity index (χ2v) is 9.73. The number of nitrogens with two attached hydrogens (primary N) is 1. The Morgan fingerprint density at radius 1 is 1.00 bits per heavy atom. The van der Waals surface area contributed by atoms with E-state index in [0.717, 1.165) is 12.8 Å². The van der Waals surface area contributed by atoms with E-state index in [-0.39, 0.29) is 18.6 Å². The van der Waals surface area contributed by atoms with Crippen LogP contribution in [0.5, 0.6) is 0 Å². The van der Waals surface area contributed by atoms with Crippen molar-refractivity contribution in [2.24, 2.45) is 17.6 Å². The molecule has 0 aliphatic carbocycles. The van der Waals surface area contributed by atoms with Crippen molar-refractivity contribution in [3.63, 3.8) is 0 Å². The minimum absolute atomic E-state index is 0.0345. The van der Waals surface area contributed by atoms with Crippen molar-refractivity contribution in [3.8, 4) is 0 Å². The molecule has 35 heavy (non-hydrogen) atoms. The van der Waals surface area contributed by atoms with Gasteiger partial charge in [-0.05, 0) is 30.7 Å². The molecule has 0 fully saturated rings. The Hall–Kier alpha value is -2.12. The van der Waals surface area contributed by atoms with E-state index in [4.69, 9.17) is 15.2 Å². The first-order valence-corrected chi connectivity index (χ1v) is 13.4. The zero-order valence-electron chi connectivity index (χ0n) is 22.0. The molecule has 7 nitrogen and oxygen atoms in total. The molecule has 0 heterocycles. The first-order valence-electron chi connectivity index (χ1n) is 13.4. The number of esters is 1. The van der Waals surface area contributed by atoms with Crippen molar-refractivity contribution in [3.05, 3.63) is 35.9 Å². The van der Waals surface area contributed by atoms with Crippen LogP contribution in [0, 0.1) is 11.8 Å². The van der Waals surface area contributed by atoms with Crippen LogP contribution in [0.15, 0.2) is 30.3 Å². The van der Waals surface area contributed by atoms with E-state index in [1.165, 1.54) is 50.5 Å². The number of aliphatic hydroxyl groups is 1. The summed E-state index contributed by atoms with van der Waals surface area (Å²) < 4.78 is 10.2. The highest BCUT2D eigenvalue weighted by atomic mass is 16.6. The van der Waals surface area contributed by atoms with Crippen LogP contribution in [0.1, 0.15) is 84.1 Å². The fourth-order valence-electron chi connectivity index (χ4n) is 3.97. The lowest BCUT2D eigenvalue weighted by Gasteiger charge is -2.24. The molecule has 0 aromatic heterocycles. The number of hydrogen-bond acceptors (Lipinski definition) is 6. The third kappa shape index (κ3) is 14.8. The number of carbonyl (C=O) groups is 2. The topological polar surface area (TPSA) is 111 Å². The predicted molar refractivity (Wildman–Crippen MR) is 140 cm³/mol. The monoisotopic (exact) mass is 492 g/mol. The van der Waals surface area contributed by atoms with E-state index >= 15 is 0 Å². The first-order chi connectivity index (χ1) is 16.9. The summed E-state index contributed by atoms with van der Waals surface area (Å²) in [5, 5.41) is 12.1. The third-order valence-corrected chi connectivity index (χ3v) is 6.23. The van der Waals surface area contributed by atoms with Gasteiger partial charge < -0.3 is 25.6 Å². The van der Waals surface area contributed by atoms with Crippen LogP contribution in [0.3, 0.4) is 0 Å². The van der Waals surface area contributed by atoms with E-state index in [1.807, 2.05) is 6.07 Å². The maximum Gasteiger partial charge on any atom is 0.407 e. The summed E-state index contributed by atoms with van der Waals surface area (Å²) in [7, 11) is 0. The molecule has 1 aromatic carbocycles. The molecule has 0 saturated heterocycles. The molecule has 0 saturated carbocycles. The van der Waals surface area contributed by atoms with Crippen molar-refractivity contribution in [1.82, 2.24) is 5.32 Å². The predicted octanol–water partition coefficient (Wildman–Crippen LogP) is 4.99. The molecule has 1 amide bonds. The normalized spacial score (nSPS) is 13.8. The van der Waals surface area contributed by atoms with Gasteiger partial charge in [0.05, 0.1) is 12.5 Å². The van der Waals surface area contributed by atoms with Crippen LogP contribution in [0.25, 0.3) is 0 Å². The highest BCUT2D eigenvalue weighted by Crippen LogP contribution is 2.21. The second kappa shape index (κ2) is 19.1. The number of carbonyl (C=O) groups excluding carboxylic acids is 2. The van der Waals surface area contributed by atoms with Crippen LogP contribution in [0.2, 0.25) is 0 Å². The van der Waals surface area contributed by atoms with Gasteiger partial charge in [-0.25, -0.2) is 4.79 Å². The van der Waals surface area contributed by atoms with E-state index in [2.05, 4.69) is 36.5 Å². The summed E-state index contributed by atoms with van der Waals surface area (Å²) in [5.41, 5.74) is 7.86. The minimum atomic E-state index is -0.866. The van der Waals surface area contributed by atoms with Gasteiger partial charge in [0.1, 0.15) is 6.61 Å². The number of amides is 1. The summed E-state index contributed by atoms with van der Waals surface area (Å²) in [6, 6.07) is 10.4. The summed E-state index contributed by atoms with van der Waals surface area (Å²) in [6.07, 6.45) is 10.1. The summed E-state index contributed by atoms with van der Waals surface area (Å²) >= 11 is 0. The van der Waals surface area contributed by atoms with Crippen LogP contribution in [-0.4, -0.2) is 49.1 Å². The number of unbranched alkanes of at least 4 members (excludes halogenated alkanes) is 6. The van der Waals surface area contributed by atoms with Crippen LogP contribution in [-0.2, 0) is 20.7 Å². The van der Waals surface area contributed by atoms with Gasteiger partial charge >= 0.3 is 12.1 Å². The van der Waals surface area contributed by atoms with Gasteiger partial charge in [-0.1, -0.05) is 96.0 Å². The van der Waals surface area contributed by atoms with Gasteiger partial charge in [0.2, 0.25) is 0 Å². The molecule has 200 valence electrons. The van der Waals surface area contributed by atoms with E-state index in [0.29, 0.717) is 18.9 Å². The molecule has 4 N–H and O–H groups in total. The number of alkyl carbamates (subject to hydrolysis) is 1. The highest BCUT2D eigenvalue weighted by molar-refractivity contribution is 5.71. The second-order valence-electron chi connectivity index (χ2n) is 9.73. The smallest absolute Gasteiger partial charge is 0.407 e. The lowest BCUT2D eigenvalue weighted by molar-refractivity contribution is -0.157. The Balaban J connectivity index is 2.42. The fraction of sp³-hybridized carbons (Fsp3) is 0.714. The molecule has 1 aromatic rings. The highest BCUT2D eigenvalue weighted by Gasteiger charge is 2.20. The number of hydrogen-bond donors (Lipinski definition) is 3. The zero-order valence-corrected chi connectivity index (χ0v) is 22.0. The Morgan fingerprint density at radius 3 is 2.29 bits per heavy atom. The van der Waals surface area contributed by atoms with Crippen LogP contribution >= 0.6 is 0 Å². The van der Waals surface area contributed by atoms with Crippen molar-refractivity contribution in [2.45, 2.75) is 97.1 Å². The third-order valence-electron chi connectivity index (χ3n) is 6.23. The van der Waals surface area contributed by atoms with Crippen molar-refractivity contribution < 1.29 is 24.2 Å². The Kier molecular flexibility index (Phi) is 16.9. The average Bonchev–Trinajstić information content (AvgIpc) is 2.85. The van der Waals surface area contributed by atoms with Gasteiger partial charge in [-0.3, -0.25) is 4.79 Å². The molecule has 3 unspecified atom stereocenters. The zero-order chi connectivity index (χ0) is 25.9. The maximum atomic E-state index is 12.0. The van der Waals surface area contributed by atoms with Gasteiger partial charge in [0, 0.05) is 12.6 Å². The number of benzene rings is 1. The Morgan fingerprint density at radius 2 is 1.66 bits per heavy atom.